The van der Waals surface area contributed by atoms with Crippen LogP contribution in [0.4, 0.5) is 0 Å². The number of hydrogen-bond acceptors (Lipinski definition) is 2. The Bertz CT molecular complexity index is 570. The van der Waals surface area contributed by atoms with E-state index in [-0.39, 0.29) is 0 Å². The summed E-state index contributed by atoms with van der Waals surface area (Å²) in [5, 5.41) is 3.70. The van der Waals surface area contributed by atoms with E-state index in [1.165, 1.54) is 11.1 Å². The summed E-state index contributed by atoms with van der Waals surface area (Å²) in [5.74, 6) is 0.509. The van der Waals surface area contributed by atoms with Crippen LogP contribution in [0.2, 0.25) is 0 Å². The summed E-state index contributed by atoms with van der Waals surface area (Å²) in [6, 6.07) is 22.9. The topological polar surface area (TPSA) is 15.3 Å². The van der Waals surface area contributed by atoms with Crippen LogP contribution in [0.5, 0.6) is 0 Å². The van der Waals surface area contributed by atoms with Gasteiger partial charge in [0.05, 0.1) is 0 Å². The average molecular weight is 339 g/mol. The molecular formula is C23H34N2. The van der Waals surface area contributed by atoms with Gasteiger partial charge in [0.15, 0.2) is 0 Å². The third-order valence-corrected chi connectivity index (χ3v) is 4.86. The Morgan fingerprint density at radius 3 is 1.92 bits per heavy atom. The lowest BCUT2D eigenvalue weighted by atomic mass is 9.92. The zero-order valence-corrected chi connectivity index (χ0v) is 16.3. The summed E-state index contributed by atoms with van der Waals surface area (Å²) in [6.45, 7) is 12.3. The molecule has 0 fully saturated rings. The fourth-order valence-electron chi connectivity index (χ4n) is 3.53. The molecule has 0 radical (unpaired) electrons. The van der Waals surface area contributed by atoms with Crippen LogP contribution in [0.15, 0.2) is 60.7 Å². The summed E-state index contributed by atoms with van der Waals surface area (Å²) in [7, 11) is 0. The summed E-state index contributed by atoms with van der Waals surface area (Å²) < 4.78 is 0. The average Bonchev–Trinajstić information content (AvgIpc) is 2.61. The molecular weight excluding hydrogens is 304 g/mol. The Labute approximate surface area is 154 Å². The molecule has 0 saturated carbocycles. The highest BCUT2D eigenvalue weighted by Crippen LogP contribution is 2.20. The first-order valence-electron chi connectivity index (χ1n) is 9.63. The van der Waals surface area contributed by atoms with Crippen LogP contribution < -0.4 is 5.32 Å². The summed E-state index contributed by atoms with van der Waals surface area (Å²) in [6.07, 6.45) is 1.08. The number of nitrogens with zero attached hydrogens (tertiary/aromatic N) is 1. The maximum Gasteiger partial charge on any atom is 0.0112 e. The lowest BCUT2D eigenvalue weighted by Gasteiger charge is -2.30. The van der Waals surface area contributed by atoms with Crippen LogP contribution in [0.3, 0.4) is 0 Å². The highest BCUT2D eigenvalue weighted by Gasteiger charge is 2.14. The molecule has 0 heterocycles. The van der Waals surface area contributed by atoms with Gasteiger partial charge in [0, 0.05) is 37.6 Å². The molecule has 0 aliphatic carbocycles. The molecule has 0 aliphatic heterocycles. The number of rotatable bonds is 10. The van der Waals surface area contributed by atoms with Gasteiger partial charge in [0.25, 0.3) is 0 Å². The SMILES string of the molecule is CC(C)N(CCNCC(Cc1ccccc1)c1ccccc1)C(C)C. The largest absolute Gasteiger partial charge is 0.315 e. The van der Waals surface area contributed by atoms with Crippen molar-refractivity contribution in [3.05, 3.63) is 71.8 Å². The third kappa shape index (κ3) is 6.64. The van der Waals surface area contributed by atoms with E-state index in [1.54, 1.807) is 0 Å². The van der Waals surface area contributed by atoms with Crippen molar-refractivity contribution in [2.24, 2.45) is 0 Å². The predicted molar refractivity (Wildman–Crippen MR) is 109 cm³/mol. The first-order valence-corrected chi connectivity index (χ1v) is 9.63. The highest BCUT2D eigenvalue weighted by atomic mass is 15.2. The van der Waals surface area contributed by atoms with Gasteiger partial charge in [0.1, 0.15) is 0 Å². The van der Waals surface area contributed by atoms with Gasteiger partial charge in [-0.2, -0.15) is 0 Å². The van der Waals surface area contributed by atoms with Crippen molar-refractivity contribution in [1.82, 2.24) is 10.2 Å². The van der Waals surface area contributed by atoms with Crippen LogP contribution in [0.1, 0.15) is 44.7 Å². The third-order valence-electron chi connectivity index (χ3n) is 4.86. The lowest BCUT2D eigenvalue weighted by Crippen LogP contribution is -2.42. The molecule has 0 amide bonds. The van der Waals surface area contributed by atoms with Crippen LogP contribution in [0, 0.1) is 0 Å². The van der Waals surface area contributed by atoms with Gasteiger partial charge in [-0.05, 0) is 45.2 Å². The molecule has 2 nitrogen and oxygen atoms in total. The van der Waals surface area contributed by atoms with E-state index in [1.807, 2.05) is 0 Å². The smallest absolute Gasteiger partial charge is 0.0112 e. The highest BCUT2D eigenvalue weighted by molar-refractivity contribution is 5.24. The van der Waals surface area contributed by atoms with Crippen molar-refractivity contribution in [1.29, 1.82) is 0 Å². The predicted octanol–water partition coefficient (Wildman–Crippen LogP) is 4.72. The second-order valence-electron chi connectivity index (χ2n) is 7.43. The van der Waals surface area contributed by atoms with E-state index in [0.29, 0.717) is 18.0 Å². The van der Waals surface area contributed by atoms with Crippen molar-refractivity contribution in [2.75, 3.05) is 19.6 Å². The summed E-state index contributed by atoms with van der Waals surface area (Å²) >= 11 is 0. The Morgan fingerprint density at radius 2 is 1.36 bits per heavy atom. The van der Waals surface area contributed by atoms with E-state index in [9.17, 15) is 0 Å². The van der Waals surface area contributed by atoms with Gasteiger partial charge in [-0.25, -0.2) is 0 Å². The Hall–Kier alpha value is -1.64. The van der Waals surface area contributed by atoms with Crippen LogP contribution in [-0.2, 0) is 6.42 Å². The molecule has 2 heteroatoms. The normalized spacial score (nSPS) is 12.9. The fraction of sp³-hybridized carbons (Fsp3) is 0.478. The minimum atomic E-state index is 0.509. The van der Waals surface area contributed by atoms with Crippen molar-refractivity contribution in [3.63, 3.8) is 0 Å². The van der Waals surface area contributed by atoms with Crippen LogP contribution >= 0.6 is 0 Å². The van der Waals surface area contributed by atoms with Crippen LogP contribution in [0.25, 0.3) is 0 Å². The zero-order chi connectivity index (χ0) is 18.1. The van der Waals surface area contributed by atoms with E-state index in [2.05, 4.69) is 98.6 Å². The first-order chi connectivity index (χ1) is 12.1. The number of nitrogens with one attached hydrogen (secondary N) is 1. The molecule has 0 saturated heterocycles. The van der Waals surface area contributed by atoms with Crippen molar-refractivity contribution in [3.8, 4) is 0 Å². The molecule has 0 bridgehead atoms. The van der Waals surface area contributed by atoms with Crippen molar-refractivity contribution < 1.29 is 0 Å². The molecule has 1 N–H and O–H groups in total. The second-order valence-corrected chi connectivity index (χ2v) is 7.43. The molecule has 2 aromatic rings. The van der Waals surface area contributed by atoms with Gasteiger partial charge < -0.3 is 5.32 Å². The first kappa shape index (κ1) is 19.7. The van der Waals surface area contributed by atoms with Gasteiger partial charge in [-0.15, -0.1) is 0 Å². The Balaban J connectivity index is 1.93. The second kappa shape index (κ2) is 10.4. The molecule has 0 aromatic heterocycles. The van der Waals surface area contributed by atoms with Crippen molar-refractivity contribution >= 4 is 0 Å². The van der Waals surface area contributed by atoms with Gasteiger partial charge in [-0.3, -0.25) is 4.90 Å². The molecule has 0 spiro atoms. The molecule has 1 atom stereocenters. The van der Waals surface area contributed by atoms with Gasteiger partial charge >= 0.3 is 0 Å². The standard InChI is InChI=1S/C23H34N2/c1-19(2)25(20(3)4)16-15-24-18-23(22-13-9-6-10-14-22)17-21-11-7-5-8-12-21/h5-14,19-20,23-24H,15-18H2,1-4H3. The number of hydrogen-bond donors (Lipinski definition) is 1. The monoisotopic (exact) mass is 338 g/mol. The molecule has 25 heavy (non-hydrogen) atoms. The summed E-state index contributed by atoms with van der Waals surface area (Å²) in [4.78, 5) is 2.54. The quantitative estimate of drug-likeness (QED) is 0.631. The zero-order valence-electron chi connectivity index (χ0n) is 16.3. The molecule has 2 aromatic carbocycles. The molecule has 136 valence electrons. The Morgan fingerprint density at radius 1 is 0.800 bits per heavy atom. The van der Waals surface area contributed by atoms with Crippen LogP contribution in [-0.4, -0.2) is 36.6 Å². The van der Waals surface area contributed by atoms with Gasteiger partial charge in [0.2, 0.25) is 0 Å². The maximum atomic E-state index is 3.70. The Kier molecular flexibility index (Phi) is 8.17. The van der Waals surface area contributed by atoms with Gasteiger partial charge in [-0.1, -0.05) is 60.7 Å². The van der Waals surface area contributed by atoms with E-state index >= 15 is 0 Å². The molecule has 0 aliphatic rings. The van der Waals surface area contributed by atoms with E-state index < -0.39 is 0 Å². The van der Waals surface area contributed by atoms with E-state index in [4.69, 9.17) is 0 Å². The summed E-state index contributed by atoms with van der Waals surface area (Å²) in [5.41, 5.74) is 2.83. The van der Waals surface area contributed by atoms with E-state index in [0.717, 1.165) is 26.1 Å². The number of benzene rings is 2. The molecule has 2 rings (SSSR count). The van der Waals surface area contributed by atoms with Crippen molar-refractivity contribution in [2.45, 2.75) is 52.1 Å². The minimum Gasteiger partial charge on any atom is -0.315 e. The molecule has 1 unspecified atom stereocenters. The fourth-order valence-corrected chi connectivity index (χ4v) is 3.53. The lowest BCUT2D eigenvalue weighted by molar-refractivity contribution is 0.175. The minimum absolute atomic E-state index is 0.509. The maximum absolute atomic E-state index is 3.70.